The number of amides is 4. The minimum Gasteiger partial charge on any atom is -0.480 e. The van der Waals surface area contributed by atoms with E-state index in [1.54, 1.807) is 13.1 Å². The van der Waals surface area contributed by atoms with Gasteiger partial charge in [-0.3, -0.25) is 19.2 Å². The third-order valence-corrected chi connectivity index (χ3v) is 7.16. The summed E-state index contributed by atoms with van der Waals surface area (Å²) in [6, 6.07) is 2.81. The van der Waals surface area contributed by atoms with Crippen LogP contribution in [0, 0.1) is 5.92 Å². The van der Waals surface area contributed by atoms with Gasteiger partial charge in [0.05, 0.1) is 12.4 Å². The van der Waals surface area contributed by atoms with E-state index in [2.05, 4.69) is 30.9 Å². The average Bonchev–Trinajstić information content (AvgIpc) is 3.63. The Hall–Kier alpha value is -4.72. The van der Waals surface area contributed by atoms with Crippen molar-refractivity contribution in [2.24, 2.45) is 17.4 Å². The Kier molecular flexibility index (Phi) is 11.2. The zero-order valence-corrected chi connectivity index (χ0v) is 23.6. The van der Waals surface area contributed by atoms with E-state index in [0.717, 1.165) is 16.5 Å². The second-order valence-electron chi connectivity index (χ2n) is 10.3. The molecule has 3 aromatic rings. The number of nitrogens with zero attached hydrogens (tertiary/aromatic N) is 1. The normalized spacial score (nSPS) is 14.7. The molecule has 0 saturated heterocycles. The molecule has 3 rings (SSSR count). The first-order valence-corrected chi connectivity index (χ1v) is 13.7. The number of aliphatic carboxylic acids is 1. The summed E-state index contributed by atoms with van der Waals surface area (Å²) in [7, 11) is 0. The minimum atomic E-state index is -1.26. The summed E-state index contributed by atoms with van der Waals surface area (Å²) in [5, 5.41) is 18.6. The summed E-state index contributed by atoms with van der Waals surface area (Å²) in [5.41, 5.74) is 13.1. The fraction of sp³-hybridized carbons (Fsp3) is 0.429. The van der Waals surface area contributed by atoms with Gasteiger partial charge in [-0.1, -0.05) is 38.5 Å². The topological polar surface area (TPSA) is 238 Å². The molecule has 0 spiro atoms. The quantitative estimate of drug-likeness (QED) is 0.113. The zero-order chi connectivity index (χ0) is 30.8. The monoisotopic (exact) mass is 582 g/mol. The highest BCUT2D eigenvalue weighted by atomic mass is 16.4. The molecule has 226 valence electrons. The molecule has 2 heterocycles. The number of H-pyrrole nitrogens is 2. The number of nitrogens with one attached hydrogen (secondary N) is 5. The van der Waals surface area contributed by atoms with Crippen LogP contribution in [0.2, 0.25) is 0 Å². The average molecular weight is 583 g/mol. The summed E-state index contributed by atoms with van der Waals surface area (Å²) >= 11 is 0. The highest BCUT2D eigenvalue weighted by Gasteiger charge is 2.33. The Morgan fingerprint density at radius 1 is 0.976 bits per heavy atom. The Labute approximate surface area is 242 Å². The maximum Gasteiger partial charge on any atom is 0.326 e. The Morgan fingerprint density at radius 3 is 2.33 bits per heavy atom. The number of fused-ring (bicyclic) bond motifs is 1. The van der Waals surface area contributed by atoms with Crippen LogP contribution in [0.25, 0.3) is 10.9 Å². The number of carbonyl (C=O) groups is 5. The molecule has 0 saturated carbocycles. The van der Waals surface area contributed by atoms with Crippen LogP contribution in [0.3, 0.4) is 0 Å². The van der Waals surface area contributed by atoms with Gasteiger partial charge in [-0.2, -0.15) is 0 Å². The molecule has 14 nitrogen and oxygen atoms in total. The van der Waals surface area contributed by atoms with Gasteiger partial charge < -0.3 is 42.5 Å². The second kappa shape index (κ2) is 14.8. The van der Waals surface area contributed by atoms with Gasteiger partial charge in [0.1, 0.15) is 18.1 Å². The van der Waals surface area contributed by atoms with E-state index in [-0.39, 0.29) is 31.6 Å². The van der Waals surface area contributed by atoms with Crippen molar-refractivity contribution in [1.29, 1.82) is 0 Å². The highest BCUT2D eigenvalue weighted by molar-refractivity contribution is 5.94. The number of hydrogen-bond donors (Lipinski definition) is 8. The van der Waals surface area contributed by atoms with Crippen molar-refractivity contribution in [3.05, 3.63) is 54.2 Å². The largest absolute Gasteiger partial charge is 0.480 e. The Bertz CT molecular complexity index is 1390. The van der Waals surface area contributed by atoms with E-state index in [0.29, 0.717) is 12.1 Å². The summed E-state index contributed by atoms with van der Waals surface area (Å²) in [4.78, 5) is 72.8. The number of carbonyl (C=O) groups excluding carboxylic acids is 4. The third-order valence-electron chi connectivity index (χ3n) is 7.16. The van der Waals surface area contributed by atoms with Crippen LogP contribution < -0.4 is 27.4 Å². The van der Waals surface area contributed by atoms with E-state index in [4.69, 9.17) is 11.5 Å². The van der Waals surface area contributed by atoms with Crippen LogP contribution >= 0.6 is 0 Å². The standard InChI is InChI=1S/C28H38N8O6/c1-3-15(2)24(27(40)35-22(28(41)42)10-16-12-32-20-7-5-4-6-18(16)20)36-26(39)21(11-17-13-31-14-33-17)34-25(38)19(29)8-9-23(30)37/h4-7,12-15,19,21-22,24,32H,3,8-11,29H2,1-2H3,(H2,30,37)(H,31,33)(H,34,38)(H,35,40)(H,36,39)(H,41,42). The molecule has 0 aliphatic heterocycles. The van der Waals surface area contributed by atoms with Crippen LogP contribution in [0.5, 0.6) is 0 Å². The van der Waals surface area contributed by atoms with Gasteiger partial charge in [0.25, 0.3) is 0 Å². The summed E-state index contributed by atoms with van der Waals surface area (Å²) in [6.45, 7) is 3.58. The maximum absolute atomic E-state index is 13.5. The van der Waals surface area contributed by atoms with Crippen molar-refractivity contribution in [1.82, 2.24) is 30.9 Å². The fourth-order valence-corrected chi connectivity index (χ4v) is 4.47. The van der Waals surface area contributed by atoms with Gasteiger partial charge in [-0.25, -0.2) is 9.78 Å². The van der Waals surface area contributed by atoms with Gasteiger partial charge in [-0.15, -0.1) is 0 Å². The molecule has 0 radical (unpaired) electrons. The summed E-state index contributed by atoms with van der Waals surface area (Å²) < 4.78 is 0. The molecular weight excluding hydrogens is 544 g/mol. The zero-order valence-electron chi connectivity index (χ0n) is 23.6. The van der Waals surface area contributed by atoms with Gasteiger partial charge in [0.15, 0.2) is 0 Å². The number of primary amides is 1. The lowest BCUT2D eigenvalue weighted by atomic mass is 9.96. The van der Waals surface area contributed by atoms with Crippen molar-refractivity contribution in [2.45, 2.75) is 70.1 Å². The Balaban J connectivity index is 1.76. The van der Waals surface area contributed by atoms with E-state index < -0.39 is 53.8 Å². The van der Waals surface area contributed by atoms with E-state index in [1.807, 2.05) is 31.2 Å². The first-order chi connectivity index (χ1) is 20.0. The van der Waals surface area contributed by atoms with Crippen molar-refractivity contribution in [3.63, 3.8) is 0 Å². The number of carboxylic acids is 1. The molecule has 1 aromatic carbocycles. The molecule has 2 aromatic heterocycles. The van der Waals surface area contributed by atoms with E-state index >= 15 is 0 Å². The van der Waals surface area contributed by atoms with E-state index in [1.165, 1.54) is 12.5 Å². The molecule has 0 aliphatic carbocycles. The molecule has 14 heteroatoms. The maximum atomic E-state index is 13.5. The van der Waals surface area contributed by atoms with Crippen LogP contribution in [-0.2, 0) is 36.8 Å². The fourth-order valence-electron chi connectivity index (χ4n) is 4.47. The predicted octanol–water partition coefficient (Wildman–Crippen LogP) is -0.146. The number of aromatic amines is 2. The van der Waals surface area contributed by atoms with Crippen molar-refractivity contribution >= 4 is 40.5 Å². The number of nitrogens with two attached hydrogens (primary N) is 2. The third kappa shape index (κ3) is 8.64. The number of hydrogen-bond acceptors (Lipinski definition) is 7. The molecule has 10 N–H and O–H groups in total. The first kappa shape index (κ1) is 31.8. The smallest absolute Gasteiger partial charge is 0.326 e. The van der Waals surface area contributed by atoms with Crippen LogP contribution in [-0.4, -0.2) is 73.8 Å². The molecule has 5 unspecified atom stereocenters. The van der Waals surface area contributed by atoms with Crippen molar-refractivity contribution < 1.29 is 29.1 Å². The highest BCUT2D eigenvalue weighted by Crippen LogP contribution is 2.19. The van der Waals surface area contributed by atoms with Crippen LogP contribution in [0.4, 0.5) is 0 Å². The number of rotatable bonds is 16. The van der Waals surface area contributed by atoms with Crippen LogP contribution in [0.1, 0.15) is 44.4 Å². The van der Waals surface area contributed by atoms with Gasteiger partial charge >= 0.3 is 5.97 Å². The van der Waals surface area contributed by atoms with Gasteiger partial charge in [0, 0.05) is 48.3 Å². The van der Waals surface area contributed by atoms with E-state index in [9.17, 15) is 29.1 Å². The summed E-state index contributed by atoms with van der Waals surface area (Å²) in [5.74, 6) is -4.24. The lowest BCUT2D eigenvalue weighted by Gasteiger charge is -2.28. The molecule has 42 heavy (non-hydrogen) atoms. The number of benzene rings is 1. The molecule has 0 fully saturated rings. The van der Waals surface area contributed by atoms with Crippen LogP contribution in [0.15, 0.2) is 43.0 Å². The number of aromatic nitrogens is 3. The predicted molar refractivity (Wildman–Crippen MR) is 154 cm³/mol. The van der Waals surface area contributed by atoms with Crippen molar-refractivity contribution in [3.8, 4) is 0 Å². The van der Waals surface area contributed by atoms with Gasteiger partial charge in [0.2, 0.25) is 23.6 Å². The SMILES string of the molecule is CCC(C)C(NC(=O)C(Cc1cnc[nH]1)NC(=O)C(N)CCC(N)=O)C(=O)NC(Cc1c[nH]c2ccccc12)C(=O)O. The molecule has 4 amide bonds. The Morgan fingerprint density at radius 2 is 1.69 bits per heavy atom. The number of carboxylic acid groups (broad SMARTS) is 1. The molecule has 0 aliphatic rings. The number of imidazole rings is 1. The minimum absolute atomic E-state index is 0.00721. The number of para-hydroxylation sites is 1. The lowest BCUT2D eigenvalue weighted by molar-refractivity contribution is -0.142. The molecule has 5 atom stereocenters. The molecule has 0 bridgehead atoms. The molecular formula is C28H38N8O6. The van der Waals surface area contributed by atoms with Crippen molar-refractivity contribution in [2.75, 3.05) is 0 Å². The first-order valence-electron chi connectivity index (χ1n) is 13.7. The van der Waals surface area contributed by atoms with Gasteiger partial charge in [-0.05, 0) is 24.0 Å². The summed E-state index contributed by atoms with van der Waals surface area (Å²) in [6.07, 6.45) is 5.02. The second-order valence-corrected chi connectivity index (χ2v) is 10.3. The lowest BCUT2D eigenvalue weighted by Crippen LogP contribution is -2.59.